The molecule has 0 atom stereocenters. The first-order valence-corrected chi connectivity index (χ1v) is 5.75. The summed E-state index contributed by atoms with van der Waals surface area (Å²) in [4.78, 5) is 12.1. The number of aldehydes is 1. The lowest BCUT2D eigenvalue weighted by atomic mass is 10.3. The largest absolute Gasteiger partial charge is 0.298 e. The number of hydrogen-bond donors (Lipinski definition) is 0. The van der Waals surface area contributed by atoms with Crippen molar-refractivity contribution < 1.29 is 4.79 Å². The molecule has 2 aromatic rings. The molecule has 0 aliphatic rings. The van der Waals surface area contributed by atoms with E-state index < -0.39 is 0 Å². The molecule has 0 aliphatic heterocycles. The predicted octanol–water partition coefficient (Wildman–Crippen LogP) is 2.69. The van der Waals surface area contributed by atoms with Crippen molar-refractivity contribution in [2.24, 2.45) is 7.05 Å². The van der Waals surface area contributed by atoms with Crippen LogP contribution in [0.5, 0.6) is 0 Å². The standard InChI is InChI=1S/C12H12N2OS/c1-9-11(8-15)12(14(2)13-9)16-10-6-4-3-5-7-10/h3-8H,1-2H3. The van der Waals surface area contributed by atoms with E-state index in [1.807, 2.05) is 44.3 Å². The minimum absolute atomic E-state index is 0.677. The van der Waals surface area contributed by atoms with Crippen LogP contribution in [0.4, 0.5) is 0 Å². The van der Waals surface area contributed by atoms with Crippen LogP contribution in [-0.4, -0.2) is 16.1 Å². The zero-order valence-electron chi connectivity index (χ0n) is 9.18. The third kappa shape index (κ3) is 2.02. The third-order valence-electron chi connectivity index (χ3n) is 2.29. The summed E-state index contributed by atoms with van der Waals surface area (Å²) in [6.07, 6.45) is 0.869. The van der Waals surface area contributed by atoms with E-state index in [4.69, 9.17) is 0 Å². The van der Waals surface area contributed by atoms with Crippen LogP contribution in [0.2, 0.25) is 0 Å². The number of carbonyl (C=O) groups excluding carboxylic acids is 1. The first-order valence-electron chi connectivity index (χ1n) is 4.94. The smallest absolute Gasteiger partial charge is 0.154 e. The van der Waals surface area contributed by atoms with Gasteiger partial charge in [-0.05, 0) is 19.1 Å². The maximum atomic E-state index is 11.0. The molecule has 0 amide bonds. The maximum absolute atomic E-state index is 11.0. The minimum atomic E-state index is 0.677. The second-order valence-electron chi connectivity index (χ2n) is 3.46. The molecule has 0 unspecified atom stereocenters. The number of hydrogen-bond acceptors (Lipinski definition) is 3. The highest BCUT2D eigenvalue weighted by atomic mass is 32.2. The molecule has 0 spiro atoms. The van der Waals surface area contributed by atoms with Gasteiger partial charge in [-0.3, -0.25) is 9.48 Å². The third-order valence-corrected chi connectivity index (χ3v) is 3.48. The molecule has 1 heterocycles. The summed E-state index contributed by atoms with van der Waals surface area (Å²) >= 11 is 1.56. The van der Waals surface area contributed by atoms with Gasteiger partial charge >= 0.3 is 0 Å². The Morgan fingerprint density at radius 2 is 2.00 bits per heavy atom. The molecule has 4 heteroatoms. The van der Waals surface area contributed by atoms with Gasteiger partial charge in [0.05, 0.1) is 11.3 Å². The van der Waals surface area contributed by atoms with Crippen LogP contribution < -0.4 is 0 Å². The van der Waals surface area contributed by atoms with Gasteiger partial charge in [-0.1, -0.05) is 30.0 Å². The zero-order chi connectivity index (χ0) is 11.5. The van der Waals surface area contributed by atoms with Gasteiger partial charge in [0, 0.05) is 11.9 Å². The summed E-state index contributed by atoms with van der Waals surface area (Å²) < 4.78 is 1.75. The molecule has 0 fully saturated rings. The Hall–Kier alpha value is -1.55. The lowest BCUT2D eigenvalue weighted by Crippen LogP contribution is -1.93. The van der Waals surface area contributed by atoms with Crippen LogP contribution in [0.3, 0.4) is 0 Å². The van der Waals surface area contributed by atoms with E-state index in [2.05, 4.69) is 5.10 Å². The molecule has 0 radical (unpaired) electrons. The van der Waals surface area contributed by atoms with Gasteiger partial charge in [0.25, 0.3) is 0 Å². The minimum Gasteiger partial charge on any atom is -0.298 e. The fourth-order valence-corrected chi connectivity index (χ4v) is 2.51. The summed E-state index contributed by atoms with van der Waals surface area (Å²) in [5.74, 6) is 0. The maximum Gasteiger partial charge on any atom is 0.154 e. The Bertz CT molecular complexity index is 505. The van der Waals surface area contributed by atoms with Crippen LogP contribution in [0.15, 0.2) is 40.3 Å². The van der Waals surface area contributed by atoms with Crippen LogP contribution in [-0.2, 0) is 7.05 Å². The fourth-order valence-electron chi connectivity index (χ4n) is 1.51. The molecule has 0 aliphatic carbocycles. The predicted molar refractivity (Wildman–Crippen MR) is 63.9 cm³/mol. The summed E-state index contributed by atoms with van der Waals surface area (Å²) in [6.45, 7) is 1.85. The average Bonchev–Trinajstić information content (AvgIpc) is 2.55. The van der Waals surface area contributed by atoms with E-state index >= 15 is 0 Å². The highest BCUT2D eigenvalue weighted by Crippen LogP contribution is 2.30. The molecule has 3 nitrogen and oxygen atoms in total. The number of benzene rings is 1. The Balaban J connectivity index is 2.38. The van der Waals surface area contributed by atoms with Gasteiger partial charge in [-0.2, -0.15) is 5.10 Å². The number of nitrogens with zero attached hydrogens (tertiary/aromatic N) is 2. The van der Waals surface area contributed by atoms with E-state index in [9.17, 15) is 4.79 Å². The molecule has 2 rings (SSSR count). The summed E-state index contributed by atoms with van der Waals surface area (Å²) in [5.41, 5.74) is 1.45. The number of rotatable bonds is 3. The molecule has 0 saturated carbocycles. The first kappa shape index (κ1) is 11.0. The van der Waals surface area contributed by atoms with E-state index in [1.54, 1.807) is 16.4 Å². The van der Waals surface area contributed by atoms with Gasteiger partial charge in [0.15, 0.2) is 6.29 Å². The van der Waals surface area contributed by atoms with Crippen molar-refractivity contribution in [1.29, 1.82) is 0 Å². The molecular formula is C12H12N2OS. The lowest BCUT2D eigenvalue weighted by Gasteiger charge is -2.02. The highest BCUT2D eigenvalue weighted by molar-refractivity contribution is 7.99. The van der Waals surface area contributed by atoms with Crippen LogP contribution in [0, 0.1) is 6.92 Å². The van der Waals surface area contributed by atoms with Gasteiger partial charge in [0.2, 0.25) is 0 Å². The highest BCUT2D eigenvalue weighted by Gasteiger charge is 2.13. The van der Waals surface area contributed by atoms with E-state index in [1.165, 1.54) is 0 Å². The fraction of sp³-hybridized carbons (Fsp3) is 0.167. The Morgan fingerprint density at radius 1 is 1.31 bits per heavy atom. The van der Waals surface area contributed by atoms with Crippen LogP contribution >= 0.6 is 11.8 Å². The molecule has 1 aromatic heterocycles. The van der Waals surface area contributed by atoms with Crippen molar-refractivity contribution in [3.8, 4) is 0 Å². The van der Waals surface area contributed by atoms with Gasteiger partial charge in [0.1, 0.15) is 5.03 Å². The molecule has 0 bridgehead atoms. The quantitative estimate of drug-likeness (QED) is 0.763. The molecule has 1 aromatic carbocycles. The zero-order valence-corrected chi connectivity index (χ0v) is 9.99. The van der Waals surface area contributed by atoms with Gasteiger partial charge < -0.3 is 0 Å². The van der Waals surface area contributed by atoms with Crippen molar-refractivity contribution in [2.75, 3.05) is 0 Å². The van der Waals surface area contributed by atoms with E-state index in [-0.39, 0.29) is 0 Å². The van der Waals surface area contributed by atoms with E-state index in [0.29, 0.717) is 5.56 Å². The van der Waals surface area contributed by atoms with Crippen molar-refractivity contribution in [3.05, 3.63) is 41.6 Å². The van der Waals surface area contributed by atoms with Crippen molar-refractivity contribution in [1.82, 2.24) is 9.78 Å². The number of aryl methyl sites for hydroxylation is 2. The van der Waals surface area contributed by atoms with Crippen LogP contribution in [0.25, 0.3) is 0 Å². The second kappa shape index (κ2) is 4.53. The monoisotopic (exact) mass is 232 g/mol. The average molecular weight is 232 g/mol. The van der Waals surface area contributed by atoms with Crippen LogP contribution in [0.1, 0.15) is 16.1 Å². The number of aromatic nitrogens is 2. The molecule has 0 saturated heterocycles. The first-order chi connectivity index (χ1) is 7.72. The topological polar surface area (TPSA) is 34.9 Å². The molecule has 0 N–H and O–H groups in total. The molecule has 16 heavy (non-hydrogen) atoms. The normalized spacial score (nSPS) is 10.4. The molecule has 82 valence electrons. The Morgan fingerprint density at radius 3 is 2.62 bits per heavy atom. The van der Waals surface area contributed by atoms with Crippen molar-refractivity contribution >= 4 is 18.0 Å². The van der Waals surface area contributed by atoms with E-state index in [0.717, 1.165) is 21.9 Å². The second-order valence-corrected chi connectivity index (χ2v) is 4.52. The Labute approximate surface area is 98.5 Å². The number of carbonyl (C=O) groups is 1. The van der Waals surface area contributed by atoms with Gasteiger partial charge in [-0.15, -0.1) is 0 Å². The Kier molecular flexibility index (Phi) is 3.10. The van der Waals surface area contributed by atoms with Gasteiger partial charge in [-0.25, -0.2) is 0 Å². The van der Waals surface area contributed by atoms with Crippen molar-refractivity contribution in [3.63, 3.8) is 0 Å². The van der Waals surface area contributed by atoms with Crippen molar-refractivity contribution in [2.45, 2.75) is 16.8 Å². The lowest BCUT2D eigenvalue weighted by molar-refractivity contribution is 0.112. The summed E-state index contributed by atoms with van der Waals surface area (Å²) in [6, 6.07) is 9.96. The summed E-state index contributed by atoms with van der Waals surface area (Å²) in [7, 11) is 1.85. The molecular weight excluding hydrogens is 220 g/mol. The summed E-state index contributed by atoms with van der Waals surface area (Å²) in [5, 5.41) is 5.13. The SMILES string of the molecule is Cc1nn(C)c(Sc2ccccc2)c1C=O.